The molecule has 0 spiro atoms. The summed E-state index contributed by atoms with van der Waals surface area (Å²) in [4.78, 5) is 27.4. The zero-order valence-electron chi connectivity index (χ0n) is 68.4. The predicted octanol–water partition coefficient (Wildman–Crippen LogP) is 29.3. The third kappa shape index (κ3) is 40.8. The number of ether oxygens (including phenoxy) is 6. The van der Waals surface area contributed by atoms with E-state index in [1.807, 2.05) is 12.1 Å². The zero-order chi connectivity index (χ0) is 76.0. The topological polar surface area (TPSA) is 167 Å². The van der Waals surface area contributed by atoms with E-state index in [2.05, 4.69) is 48.1 Å². The number of nitrogens with zero attached hydrogens (tertiary/aromatic N) is 4. The largest absolute Gasteiger partial charge is 0.490 e. The molecule has 6 rings (SSSR count). The molecule has 0 unspecified atom stereocenters. The van der Waals surface area contributed by atoms with Gasteiger partial charge in [-0.3, -0.25) is 0 Å². The lowest BCUT2D eigenvalue weighted by atomic mass is 10.0. The molecule has 2 aromatic heterocycles. The lowest BCUT2D eigenvalue weighted by molar-refractivity contribution is 0.0724. The minimum atomic E-state index is -0.507. The normalized spacial score (nSPS) is 11.4. The van der Waals surface area contributed by atoms with E-state index in [1.165, 1.54) is 308 Å². The lowest BCUT2D eigenvalue weighted by Crippen LogP contribution is -2.10. The number of benzene rings is 4. The first-order chi connectivity index (χ1) is 53.4. The Kier molecular flexibility index (Phi) is 51.0. The second-order valence-corrected chi connectivity index (χ2v) is 30.8. The van der Waals surface area contributed by atoms with E-state index < -0.39 is 11.9 Å². The average Bonchev–Trinajstić information content (AvgIpc) is 1.53. The Bertz CT molecular complexity index is 2950. The van der Waals surface area contributed by atoms with Gasteiger partial charge in [0, 0.05) is 11.1 Å². The maximum Gasteiger partial charge on any atom is 0.343 e. The molecule has 2 heterocycles. The Balaban J connectivity index is 0.953. The second kappa shape index (κ2) is 61.0. The maximum absolute atomic E-state index is 13.7. The van der Waals surface area contributed by atoms with E-state index >= 15 is 0 Å². The number of hydrogen-bond donors (Lipinski definition) is 0. The van der Waals surface area contributed by atoms with Crippen LogP contribution in [0.3, 0.4) is 0 Å². The molecule has 0 fully saturated rings. The number of aromatic nitrogens is 4. The van der Waals surface area contributed by atoms with Crippen molar-refractivity contribution in [3.8, 4) is 69.2 Å². The van der Waals surface area contributed by atoms with E-state index in [1.54, 1.807) is 72.8 Å². The lowest BCUT2D eigenvalue weighted by Gasteiger charge is -2.14. The molecule has 602 valence electrons. The molecule has 0 aliphatic heterocycles. The van der Waals surface area contributed by atoms with Crippen molar-refractivity contribution in [1.82, 2.24) is 20.4 Å². The summed E-state index contributed by atoms with van der Waals surface area (Å²) >= 11 is 0. The van der Waals surface area contributed by atoms with Crippen LogP contribution < -0.4 is 28.4 Å². The molecular weight excluding hydrogens is 1350 g/mol. The van der Waals surface area contributed by atoms with Crippen LogP contribution in [0, 0.1) is 0 Å². The van der Waals surface area contributed by atoms with E-state index in [-0.39, 0.29) is 23.6 Å². The molecule has 0 atom stereocenters. The van der Waals surface area contributed by atoms with Crippen LogP contribution in [-0.2, 0) is 0 Å². The van der Waals surface area contributed by atoms with Crippen molar-refractivity contribution in [2.75, 3.05) is 26.4 Å². The van der Waals surface area contributed by atoms with Gasteiger partial charge < -0.3 is 37.3 Å². The number of unbranched alkanes of at least 4 members (excludes halogenated alkanes) is 52. The van der Waals surface area contributed by atoms with Crippen LogP contribution in [0.4, 0.5) is 0 Å². The molecule has 0 saturated carbocycles. The Morgan fingerprint density at radius 1 is 0.241 bits per heavy atom. The van der Waals surface area contributed by atoms with Crippen LogP contribution in [0.25, 0.3) is 34.7 Å². The van der Waals surface area contributed by atoms with Crippen LogP contribution in [0.2, 0.25) is 0 Å². The molecule has 14 nitrogen and oxygen atoms in total. The van der Waals surface area contributed by atoms with Gasteiger partial charge in [0.1, 0.15) is 11.5 Å². The summed E-state index contributed by atoms with van der Waals surface area (Å²) in [6.45, 7) is 11.4. The molecule has 0 aliphatic carbocycles. The molecule has 4 aromatic carbocycles. The molecule has 0 saturated heterocycles. The Hall–Kier alpha value is -6.70. The molecule has 6 aromatic rings. The van der Waals surface area contributed by atoms with Gasteiger partial charge in [-0.05, 0) is 111 Å². The van der Waals surface area contributed by atoms with Gasteiger partial charge in [0.25, 0.3) is 0 Å². The molecular formula is C94H146N4O10. The Labute approximate surface area is 654 Å². The third-order valence-corrected chi connectivity index (χ3v) is 21.0. The molecule has 0 N–H and O–H groups in total. The van der Waals surface area contributed by atoms with Gasteiger partial charge in [0.05, 0.1) is 37.6 Å². The van der Waals surface area contributed by atoms with Gasteiger partial charge in [-0.2, -0.15) is 0 Å². The second-order valence-electron chi connectivity index (χ2n) is 30.8. The quantitative estimate of drug-likeness (QED) is 0.0201. The van der Waals surface area contributed by atoms with Crippen molar-refractivity contribution >= 4 is 11.9 Å². The van der Waals surface area contributed by atoms with Gasteiger partial charge in [0.2, 0.25) is 11.8 Å². The maximum atomic E-state index is 13.7. The van der Waals surface area contributed by atoms with Crippen molar-refractivity contribution in [3.63, 3.8) is 0 Å². The van der Waals surface area contributed by atoms with Gasteiger partial charge in [-0.25, -0.2) is 9.59 Å². The summed E-state index contributed by atoms with van der Waals surface area (Å²) < 4.78 is 49.2. The number of esters is 2. The van der Waals surface area contributed by atoms with Crippen LogP contribution >= 0.6 is 0 Å². The number of rotatable bonds is 71. The van der Waals surface area contributed by atoms with Crippen molar-refractivity contribution in [2.45, 2.75) is 387 Å². The van der Waals surface area contributed by atoms with Crippen molar-refractivity contribution in [2.24, 2.45) is 0 Å². The Morgan fingerprint density at radius 3 is 0.676 bits per heavy atom. The fourth-order valence-corrected chi connectivity index (χ4v) is 14.2. The summed E-state index contributed by atoms with van der Waals surface area (Å²) in [7, 11) is 0. The standard InChI is InChI=1S/C94H146N4O10/c1-5-9-13-17-21-25-29-33-37-41-45-49-53-57-73-101-85-71-65-81(77-87(85)103-75-59-55-51-47-43-39-35-31-27-23-19-15-11-7-3)93(99)105-83-67-61-79(62-68-83)89-95-97-91(107-89)92-98-96-90(108-92)80-63-69-84(70-64-80)106-94(100)82-66-72-86(102-74-58-54-50-46-42-38-34-30-26-22-18-14-10-6-2)88(78-82)104-76-60-56-52-48-44-40-36-32-28-24-20-16-12-8-4/h61-72,77-78H,5-60,73-76H2,1-4H3. The fraction of sp³-hybridized carbons (Fsp3) is 0.681. The van der Waals surface area contributed by atoms with E-state index in [0.717, 1.165) is 51.4 Å². The molecule has 108 heavy (non-hydrogen) atoms. The molecule has 14 heteroatoms. The summed E-state index contributed by atoms with van der Waals surface area (Å²) in [6.07, 6.45) is 72.7. The first-order valence-corrected chi connectivity index (χ1v) is 44.5. The van der Waals surface area contributed by atoms with Crippen molar-refractivity contribution in [1.29, 1.82) is 0 Å². The molecule has 0 amide bonds. The van der Waals surface area contributed by atoms with Crippen molar-refractivity contribution in [3.05, 3.63) is 96.1 Å². The van der Waals surface area contributed by atoms with Gasteiger partial charge in [-0.15, -0.1) is 20.4 Å². The van der Waals surface area contributed by atoms with Crippen molar-refractivity contribution < 1.29 is 46.8 Å². The highest BCUT2D eigenvalue weighted by Crippen LogP contribution is 2.34. The first-order valence-electron chi connectivity index (χ1n) is 44.5. The van der Waals surface area contributed by atoms with Crippen LogP contribution in [0.15, 0.2) is 93.8 Å². The molecule has 0 radical (unpaired) electrons. The average molecular weight is 1490 g/mol. The summed E-state index contributed by atoms with van der Waals surface area (Å²) in [5.41, 5.74) is 1.94. The SMILES string of the molecule is CCCCCCCCCCCCCCCCOc1ccc(C(=O)Oc2ccc(-c3nnc(-c4nnc(-c5ccc(OC(=O)c6ccc(OCCCCCCCCCCCCCCCC)c(OCCCCCCCCCCCCCCCC)c6)cc5)o4)o3)cc2)cc1OCCCCCCCCCCCCCCCC. The summed E-state index contributed by atoms with van der Waals surface area (Å²) in [5, 5.41) is 16.9. The summed E-state index contributed by atoms with van der Waals surface area (Å²) in [5.74, 6) is 2.62. The highest BCUT2D eigenvalue weighted by molar-refractivity contribution is 5.92. The highest BCUT2D eigenvalue weighted by atomic mass is 16.5. The number of carbonyl (C=O) groups is 2. The summed E-state index contributed by atoms with van der Waals surface area (Å²) in [6, 6.07) is 24.4. The first kappa shape index (κ1) is 90.2. The predicted molar refractivity (Wildman–Crippen MR) is 444 cm³/mol. The van der Waals surface area contributed by atoms with E-state index in [9.17, 15) is 9.59 Å². The Morgan fingerprint density at radius 2 is 0.444 bits per heavy atom. The third-order valence-electron chi connectivity index (χ3n) is 21.0. The number of carbonyl (C=O) groups excluding carboxylic acids is 2. The van der Waals surface area contributed by atoms with E-state index in [0.29, 0.717) is 83.2 Å². The highest BCUT2D eigenvalue weighted by Gasteiger charge is 2.21. The molecule has 0 aliphatic rings. The zero-order valence-corrected chi connectivity index (χ0v) is 68.4. The van der Waals surface area contributed by atoms with Crippen LogP contribution in [0.5, 0.6) is 34.5 Å². The minimum Gasteiger partial charge on any atom is -0.490 e. The smallest absolute Gasteiger partial charge is 0.343 e. The van der Waals surface area contributed by atoms with Crippen LogP contribution in [0.1, 0.15) is 408 Å². The van der Waals surface area contributed by atoms with Gasteiger partial charge in [0.15, 0.2) is 23.0 Å². The molecule has 0 bridgehead atoms. The monoisotopic (exact) mass is 1490 g/mol. The number of hydrogen-bond acceptors (Lipinski definition) is 14. The fourth-order valence-electron chi connectivity index (χ4n) is 14.2. The van der Waals surface area contributed by atoms with Gasteiger partial charge >= 0.3 is 23.7 Å². The van der Waals surface area contributed by atoms with Gasteiger partial charge in [-0.1, -0.05) is 362 Å². The van der Waals surface area contributed by atoms with E-state index in [4.69, 9.17) is 37.3 Å². The minimum absolute atomic E-state index is 0.0355. The van der Waals surface area contributed by atoms with Crippen LogP contribution in [-0.4, -0.2) is 58.8 Å².